The summed E-state index contributed by atoms with van der Waals surface area (Å²) in [5.41, 5.74) is 0.996. The molecule has 1 aromatic carbocycles. The van der Waals surface area contributed by atoms with Gasteiger partial charge in [0.2, 0.25) is 5.95 Å². The van der Waals surface area contributed by atoms with Gasteiger partial charge in [0.1, 0.15) is 5.82 Å². The predicted molar refractivity (Wildman–Crippen MR) is 86.0 cm³/mol. The second kappa shape index (κ2) is 6.24. The van der Waals surface area contributed by atoms with Crippen LogP contribution in [0, 0.1) is 0 Å². The molecule has 3 rings (SSSR count). The fourth-order valence-electron chi connectivity index (χ4n) is 2.40. The number of hydrogen-bond donors (Lipinski definition) is 1. The maximum atomic E-state index is 4.69. The van der Waals surface area contributed by atoms with Crippen LogP contribution >= 0.6 is 12.4 Å². The molecule has 0 spiro atoms. The van der Waals surface area contributed by atoms with Crippen molar-refractivity contribution in [2.24, 2.45) is 0 Å². The third-order valence-corrected chi connectivity index (χ3v) is 3.61. The number of nitrogens with zero attached hydrogens (tertiary/aromatic N) is 4. The highest BCUT2D eigenvalue weighted by molar-refractivity contribution is 5.89. The minimum Gasteiger partial charge on any atom is -0.372 e. The van der Waals surface area contributed by atoms with Crippen LogP contribution in [0.5, 0.6) is 0 Å². The molecule has 0 bridgehead atoms. The predicted octanol–water partition coefficient (Wildman–Crippen LogP) is 1.85. The second-order valence-corrected chi connectivity index (χ2v) is 4.93. The molecule has 1 N–H and O–H groups in total. The van der Waals surface area contributed by atoms with E-state index in [1.165, 1.54) is 0 Å². The molecule has 0 unspecified atom stereocenters. The first-order valence-electron chi connectivity index (χ1n) is 6.66. The molecule has 0 aliphatic carbocycles. The summed E-state index contributed by atoms with van der Waals surface area (Å²) in [6.45, 7) is 4.09. The first kappa shape index (κ1) is 14.8. The monoisotopic (exact) mass is 293 g/mol. The molecule has 0 saturated carbocycles. The summed E-state index contributed by atoms with van der Waals surface area (Å²) in [6, 6.07) is 8.12. The lowest BCUT2D eigenvalue weighted by Gasteiger charge is -2.32. The van der Waals surface area contributed by atoms with E-state index in [1.807, 2.05) is 25.2 Å². The Morgan fingerprint density at radius 3 is 2.45 bits per heavy atom. The molecule has 1 aromatic heterocycles. The fourth-order valence-corrected chi connectivity index (χ4v) is 2.40. The number of halogens is 1. The number of para-hydroxylation sites is 1. The zero-order valence-electron chi connectivity index (χ0n) is 11.8. The average molecular weight is 294 g/mol. The summed E-state index contributed by atoms with van der Waals surface area (Å²) in [5.74, 6) is 1.73. The number of aromatic nitrogens is 2. The fraction of sp³-hybridized carbons (Fsp3) is 0.429. The molecule has 0 amide bonds. The van der Waals surface area contributed by atoms with Crippen LogP contribution in [0.2, 0.25) is 0 Å². The van der Waals surface area contributed by atoms with Crippen molar-refractivity contribution in [3.05, 3.63) is 24.3 Å². The van der Waals surface area contributed by atoms with Gasteiger partial charge < -0.3 is 15.1 Å². The van der Waals surface area contributed by atoms with E-state index in [2.05, 4.69) is 38.2 Å². The summed E-state index contributed by atoms with van der Waals surface area (Å²) in [5, 5.41) is 4.24. The first-order valence-corrected chi connectivity index (χ1v) is 6.66. The van der Waals surface area contributed by atoms with Gasteiger partial charge in [-0.3, -0.25) is 0 Å². The molecular weight excluding hydrogens is 274 g/mol. The van der Waals surface area contributed by atoms with Crippen LogP contribution in [0.15, 0.2) is 24.3 Å². The number of likely N-dealkylation sites (N-methyl/N-ethyl adjacent to an activating group) is 1. The van der Waals surface area contributed by atoms with Crippen molar-refractivity contribution in [2.75, 3.05) is 50.5 Å². The molecule has 0 atom stereocenters. The van der Waals surface area contributed by atoms with E-state index in [1.54, 1.807) is 0 Å². The van der Waals surface area contributed by atoms with Crippen molar-refractivity contribution in [3.63, 3.8) is 0 Å². The summed E-state index contributed by atoms with van der Waals surface area (Å²) in [7, 11) is 4.06. The highest BCUT2D eigenvalue weighted by atomic mass is 35.5. The van der Waals surface area contributed by atoms with E-state index in [-0.39, 0.29) is 12.4 Å². The Morgan fingerprint density at radius 1 is 1.05 bits per heavy atom. The summed E-state index contributed by atoms with van der Waals surface area (Å²) >= 11 is 0. The maximum absolute atomic E-state index is 4.69. The number of piperazine rings is 1. The van der Waals surface area contributed by atoms with E-state index >= 15 is 0 Å². The molecule has 1 saturated heterocycles. The van der Waals surface area contributed by atoms with Gasteiger partial charge in [-0.25, -0.2) is 4.98 Å². The molecule has 20 heavy (non-hydrogen) atoms. The third kappa shape index (κ3) is 2.78. The minimum absolute atomic E-state index is 0. The topological polar surface area (TPSA) is 44.3 Å². The molecule has 1 fully saturated rings. The number of nitrogens with one attached hydrogen (secondary N) is 1. The van der Waals surface area contributed by atoms with Gasteiger partial charge in [-0.15, -0.1) is 12.4 Å². The molecule has 0 radical (unpaired) electrons. The van der Waals surface area contributed by atoms with Crippen LogP contribution < -0.4 is 10.2 Å². The highest BCUT2D eigenvalue weighted by Gasteiger charge is 2.17. The second-order valence-electron chi connectivity index (χ2n) is 4.93. The Balaban J connectivity index is 0.00000147. The van der Waals surface area contributed by atoms with Gasteiger partial charge in [0.15, 0.2) is 0 Å². The quantitative estimate of drug-likeness (QED) is 0.915. The van der Waals surface area contributed by atoms with Crippen LogP contribution in [0.3, 0.4) is 0 Å². The van der Waals surface area contributed by atoms with Crippen molar-refractivity contribution < 1.29 is 0 Å². The Morgan fingerprint density at radius 2 is 1.75 bits per heavy atom. The molecule has 108 valence electrons. The van der Waals surface area contributed by atoms with Gasteiger partial charge in [0, 0.05) is 38.6 Å². The van der Waals surface area contributed by atoms with Crippen molar-refractivity contribution in [1.29, 1.82) is 0 Å². The lowest BCUT2D eigenvalue weighted by Crippen LogP contribution is -2.45. The number of hydrogen-bond acceptors (Lipinski definition) is 5. The van der Waals surface area contributed by atoms with Gasteiger partial charge in [0.25, 0.3) is 0 Å². The van der Waals surface area contributed by atoms with Crippen LogP contribution in [0.25, 0.3) is 10.9 Å². The first-order chi connectivity index (χ1) is 9.28. The number of anilines is 2. The van der Waals surface area contributed by atoms with Crippen molar-refractivity contribution >= 4 is 35.1 Å². The Labute approximate surface area is 125 Å². The Kier molecular flexibility index (Phi) is 4.62. The minimum atomic E-state index is 0. The van der Waals surface area contributed by atoms with Crippen LogP contribution in [0.1, 0.15) is 0 Å². The zero-order valence-corrected chi connectivity index (χ0v) is 12.7. The Bertz CT molecular complexity index is 581. The van der Waals surface area contributed by atoms with Crippen LogP contribution in [-0.2, 0) is 0 Å². The van der Waals surface area contributed by atoms with Gasteiger partial charge in [-0.1, -0.05) is 12.1 Å². The van der Waals surface area contributed by atoms with Gasteiger partial charge in [0.05, 0.1) is 5.52 Å². The average Bonchev–Trinajstić information content (AvgIpc) is 2.47. The van der Waals surface area contributed by atoms with E-state index < -0.39 is 0 Å². The molecular formula is C14H20ClN5. The van der Waals surface area contributed by atoms with Gasteiger partial charge in [-0.2, -0.15) is 4.98 Å². The Hall–Kier alpha value is -1.59. The van der Waals surface area contributed by atoms with Gasteiger partial charge >= 0.3 is 0 Å². The smallest absolute Gasteiger partial charge is 0.227 e. The number of rotatable bonds is 2. The van der Waals surface area contributed by atoms with E-state index in [0.29, 0.717) is 0 Å². The van der Waals surface area contributed by atoms with Gasteiger partial charge in [-0.05, 0) is 19.2 Å². The normalized spacial score (nSPS) is 16.0. The SMILES string of the molecule is CNc1nc(N2CCN(C)CC2)nc2ccccc12.Cl. The van der Waals surface area contributed by atoms with Crippen molar-refractivity contribution in [3.8, 4) is 0 Å². The van der Waals surface area contributed by atoms with E-state index in [9.17, 15) is 0 Å². The molecule has 2 aromatic rings. The summed E-state index contributed by atoms with van der Waals surface area (Å²) in [6.07, 6.45) is 0. The lowest BCUT2D eigenvalue weighted by molar-refractivity contribution is 0.311. The van der Waals surface area contributed by atoms with Crippen LogP contribution in [-0.4, -0.2) is 55.1 Å². The van der Waals surface area contributed by atoms with Crippen molar-refractivity contribution in [1.82, 2.24) is 14.9 Å². The number of fused-ring (bicyclic) bond motifs is 1. The molecule has 6 heteroatoms. The maximum Gasteiger partial charge on any atom is 0.227 e. The molecule has 2 heterocycles. The zero-order chi connectivity index (χ0) is 13.2. The lowest BCUT2D eigenvalue weighted by atomic mass is 10.2. The highest BCUT2D eigenvalue weighted by Crippen LogP contribution is 2.23. The standard InChI is InChI=1S/C14H19N5.ClH/c1-15-13-11-5-3-4-6-12(11)16-14(17-13)19-9-7-18(2)8-10-19;/h3-6H,7-10H2,1-2H3,(H,15,16,17);1H. The summed E-state index contributed by atoms with van der Waals surface area (Å²) < 4.78 is 0. The van der Waals surface area contributed by atoms with E-state index in [0.717, 1.165) is 48.8 Å². The molecule has 5 nitrogen and oxygen atoms in total. The summed E-state index contributed by atoms with van der Waals surface area (Å²) in [4.78, 5) is 13.9. The van der Waals surface area contributed by atoms with Crippen molar-refractivity contribution in [2.45, 2.75) is 0 Å². The van der Waals surface area contributed by atoms with Crippen LogP contribution in [0.4, 0.5) is 11.8 Å². The third-order valence-electron chi connectivity index (χ3n) is 3.61. The largest absolute Gasteiger partial charge is 0.372 e. The molecule has 1 aliphatic heterocycles. The molecule has 1 aliphatic rings. The van der Waals surface area contributed by atoms with E-state index in [4.69, 9.17) is 0 Å². The number of benzene rings is 1.